The van der Waals surface area contributed by atoms with Gasteiger partial charge < -0.3 is 19.7 Å². The minimum Gasteiger partial charge on any atom is -0.396 e. The maximum atomic E-state index is 13.1. The molecule has 5 rings (SSSR count). The Labute approximate surface area is 175 Å². The van der Waals surface area contributed by atoms with Crippen LogP contribution in [0.4, 0.5) is 0 Å². The third-order valence-corrected chi connectivity index (χ3v) is 6.88. The molecule has 2 aliphatic rings. The summed E-state index contributed by atoms with van der Waals surface area (Å²) >= 11 is 0. The lowest BCUT2D eigenvalue weighted by atomic mass is 9.91. The highest BCUT2D eigenvalue weighted by atomic mass is 16.3. The molecule has 0 unspecified atom stereocenters. The molecule has 0 radical (unpaired) electrons. The first-order valence-corrected chi connectivity index (χ1v) is 10.5. The van der Waals surface area contributed by atoms with Crippen molar-refractivity contribution in [3.63, 3.8) is 0 Å². The lowest BCUT2D eigenvalue weighted by molar-refractivity contribution is 0.0758. The quantitative estimate of drug-likeness (QED) is 0.674. The maximum Gasteiger partial charge on any atom is 0.255 e. The van der Waals surface area contributed by atoms with Crippen molar-refractivity contribution < 1.29 is 15.0 Å². The number of nitrogens with zero attached hydrogens (tertiary/aromatic N) is 4. The molecule has 1 saturated carbocycles. The van der Waals surface area contributed by atoms with Gasteiger partial charge in [0.05, 0.1) is 18.4 Å². The molecular formula is C23H26N4O3. The van der Waals surface area contributed by atoms with Crippen LogP contribution >= 0.6 is 0 Å². The van der Waals surface area contributed by atoms with E-state index in [2.05, 4.69) is 22.1 Å². The summed E-state index contributed by atoms with van der Waals surface area (Å²) in [7, 11) is 0. The van der Waals surface area contributed by atoms with Gasteiger partial charge in [0, 0.05) is 32.5 Å². The molecule has 0 spiro atoms. The Kier molecular flexibility index (Phi) is 5.00. The number of hydrogen-bond donors (Lipinski definition) is 2. The zero-order valence-electron chi connectivity index (χ0n) is 16.8. The second-order valence-electron chi connectivity index (χ2n) is 8.58. The Balaban J connectivity index is 1.35. The van der Waals surface area contributed by atoms with Crippen molar-refractivity contribution in [2.45, 2.75) is 13.0 Å². The van der Waals surface area contributed by atoms with E-state index >= 15 is 0 Å². The first-order chi connectivity index (χ1) is 14.7. The molecule has 3 aromatic rings. The van der Waals surface area contributed by atoms with E-state index in [1.165, 1.54) is 5.56 Å². The first kappa shape index (κ1) is 19.2. The average molecular weight is 406 g/mol. The molecule has 1 amide bonds. The van der Waals surface area contributed by atoms with E-state index in [0.29, 0.717) is 30.7 Å². The number of aromatic nitrogens is 3. The Hall–Kier alpha value is -2.77. The summed E-state index contributed by atoms with van der Waals surface area (Å²) in [6.07, 6.45) is 4.24. The van der Waals surface area contributed by atoms with Crippen LogP contribution in [0.25, 0.3) is 11.2 Å². The molecule has 1 aromatic carbocycles. The minimum atomic E-state index is -0.0511. The van der Waals surface area contributed by atoms with Crippen LogP contribution in [0, 0.1) is 23.7 Å². The number of aliphatic hydroxyl groups excluding tert-OH is 2. The van der Waals surface area contributed by atoms with Gasteiger partial charge in [-0.05, 0) is 41.7 Å². The lowest BCUT2D eigenvalue weighted by Gasteiger charge is -2.20. The van der Waals surface area contributed by atoms with Crippen LogP contribution in [0.15, 0.2) is 48.9 Å². The Morgan fingerprint density at radius 3 is 2.40 bits per heavy atom. The number of aliphatic hydroxyl groups is 2. The fourth-order valence-corrected chi connectivity index (χ4v) is 5.32. The summed E-state index contributed by atoms with van der Waals surface area (Å²) < 4.78 is 1.98. The number of likely N-dealkylation sites (tertiary alicyclic amines) is 1. The van der Waals surface area contributed by atoms with E-state index in [1.807, 2.05) is 33.7 Å². The second kappa shape index (κ2) is 7.81. The smallest absolute Gasteiger partial charge is 0.255 e. The van der Waals surface area contributed by atoms with Crippen LogP contribution in [0.3, 0.4) is 0 Å². The van der Waals surface area contributed by atoms with E-state index in [9.17, 15) is 15.0 Å². The van der Waals surface area contributed by atoms with Crippen LogP contribution in [0.5, 0.6) is 0 Å². The largest absolute Gasteiger partial charge is 0.396 e. The fraction of sp³-hybridized carbons (Fsp3) is 0.435. The molecule has 7 nitrogen and oxygen atoms in total. The molecule has 4 atom stereocenters. The van der Waals surface area contributed by atoms with Gasteiger partial charge in [-0.3, -0.25) is 4.79 Å². The van der Waals surface area contributed by atoms with Crippen molar-refractivity contribution in [3.8, 4) is 0 Å². The normalized spacial score (nSPS) is 25.7. The minimum absolute atomic E-state index is 0.0511. The number of carbonyl (C=O) groups excluding carboxylic acids is 1. The molecular weight excluding hydrogens is 380 g/mol. The van der Waals surface area contributed by atoms with Gasteiger partial charge in [-0.2, -0.15) is 0 Å². The second-order valence-corrected chi connectivity index (χ2v) is 8.58. The molecule has 156 valence electrons. The van der Waals surface area contributed by atoms with Gasteiger partial charge in [-0.25, -0.2) is 9.97 Å². The Bertz CT molecular complexity index is 1030. The molecule has 1 saturated heterocycles. The maximum absolute atomic E-state index is 13.1. The number of amides is 1. The molecule has 2 aromatic heterocycles. The Morgan fingerprint density at radius 1 is 1.03 bits per heavy atom. The van der Waals surface area contributed by atoms with Crippen LogP contribution in [0.2, 0.25) is 0 Å². The monoisotopic (exact) mass is 406 g/mol. The molecule has 2 N–H and O–H groups in total. The predicted molar refractivity (Wildman–Crippen MR) is 112 cm³/mol. The molecule has 1 aliphatic carbocycles. The number of hydrogen-bond acceptors (Lipinski definition) is 5. The van der Waals surface area contributed by atoms with Gasteiger partial charge in [0.15, 0.2) is 5.65 Å². The van der Waals surface area contributed by atoms with Crippen LogP contribution in [-0.4, -0.2) is 61.9 Å². The predicted octanol–water partition coefficient (Wildman–Crippen LogP) is 1.79. The van der Waals surface area contributed by atoms with Crippen LogP contribution < -0.4 is 0 Å². The summed E-state index contributed by atoms with van der Waals surface area (Å²) in [6, 6.07) is 11.9. The third kappa shape index (κ3) is 3.28. The van der Waals surface area contributed by atoms with Gasteiger partial charge in [-0.15, -0.1) is 0 Å². The number of carbonyl (C=O) groups is 1. The highest BCUT2D eigenvalue weighted by molar-refractivity contribution is 5.96. The fourth-order valence-electron chi connectivity index (χ4n) is 5.32. The van der Waals surface area contributed by atoms with Crippen molar-refractivity contribution in [1.29, 1.82) is 0 Å². The first-order valence-electron chi connectivity index (χ1n) is 10.5. The number of rotatable bonds is 5. The molecule has 7 heteroatoms. The highest BCUT2D eigenvalue weighted by Crippen LogP contribution is 2.46. The summed E-state index contributed by atoms with van der Waals surface area (Å²) in [5.41, 5.74) is 3.17. The number of imidazole rings is 1. The molecule has 30 heavy (non-hydrogen) atoms. The van der Waals surface area contributed by atoms with E-state index < -0.39 is 0 Å². The van der Waals surface area contributed by atoms with Crippen molar-refractivity contribution in [3.05, 3.63) is 60.0 Å². The molecule has 3 heterocycles. The van der Waals surface area contributed by atoms with Gasteiger partial charge >= 0.3 is 0 Å². The van der Waals surface area contributed by atoms with E-state index in [4.69, 9.17) is 0 Å². The van der Waals surface area contributed by atoms with Gasteiger partial charge in [-0.1, -0.05) is 30.3 Å². The zero-order valence-corrected chi connectivity index (χ0v) is 16.8. The number of pyridine rings is 1. The summed E-state index contributed by atoms with van der Waals surface area (Å²) in [6.45, 7) is 2.17. The molecule has 0 bridgehead atoms. The van der Waals surface area contributed by atoms with Crippen LogP contribution in [-0.2, 0) is 6.54 Å². The van der Waals surface area contributed by atoms with Crippen molar-refractivity contribution in [2.75, 3.05) is 26.3 Å². The summed E-state index contributed by atoms with van der Waals surface area (Å²) in [5.74, 6) is 0.805. The van der Waals surface area contributed by atoms with Gasteiger partial charge in [0.2, 0.25) is 0 Å². The van der Waals surface area contributed by atoms with E-state index in [0.717, 1.165) is 12.1 Å². The summed E-state index contributed by atoms with van der Waals surface area (Å²) in [5, 5.41) is 19.4. The molecule has 2 fully saturated rings. The van der Waals surface area contributed by atoms with Gasteiger partial charge in [0.25, 0.3) is 5.91 Å². The van der Waals surface area contributed by atoms with Gasteiger partial charge in [0.1, 0.15) is 5.52 Å². The topological polar surface area (TPSA) is 91.5 Å². The standard InChI is InChI=1S/C23H26N4O3/c28-12-17-6-18(13-29)20-11-26(10-19(17)20)23(30)16-7-21-22(24-8-16)27(14-25-21)9-15-4-2-1-3-5-15/h1-5,7-8,14,17-20,28-29H,6,9-13H2/t17-,18+,19+,20-. The highest BCUT2D eigenvalue weighted by Gasteiger charge is 2.48. The van der Waals surface area contributed by atoms with Crippen LogP contribution in [0.1, 0.15) is 22.3 Å². The summed E-state index contributed by atoms with van der Waals surface area (Å²) in [4.78, 5) is 24.0. The van der Waals surface area contributed by atoms with E-state index in [1.54, 1.807) is 12.5 Å². The molecule has 1 aliphatic heterocycles. The lowest BCUT2D eigenvalue weighted by Crippen LogP contribution is -2.31. The number of fused-ring (bicyclic) bond motifs is 2. The SMILES string of the molecule is O=C(c1cnc2c(c1)ncn2Cc1ccccc1)N1C[C@@H]2[C@H](CO)C[C@H](CO)[C@@H]2C1. The Morgan fingerprint density at radius 2 is 1.73 bits per heavy atom. The van der Waals surface area contributed by atoms with Crippen molar-refractivity contribution in [2.24, 2.45) is 23.7 Å². The zero-order chi connectivity index (χ0) is 20.7. The van der Waals surface area contributed by atoms with E-state index in [-0.39, 0.29) is 42.8 Å². The third-order valence-electron chi connectivity index (χ3n) is 6.88. The number of benzene rings is 1. The van der Waals surface area contributed by atoms with Crippen molar-refractivity contribution >= 4 is 17.1 Å². The average Bonchev–Trinajstić information content (AvgIpc) is 3.47. The van der Waals surface area contributed by atoms with Crippen molar-refractivity contribution in [1.82, 2.24) is 19.4 Å².